The lowest BCUT2D eigenvalue weighted by atomic mass is 10.1. The molecule has 0 aromatic heterocycles. The van der Waals surface area contributed by atoms with Crippen molar-refractivity contribution in [3.05, 3.63) is 68.5 Å². The number of methoxy groups -OCH3 is 1. The molecule has 2 aromatic carbocycles. The fraction of sp³-hybridized carbons (Fsp3) is 0.190. The number of nitrogens with zero attached hydrogens (tertiary/aromatic N) is 1. The van der Waals surface area contributed by atoms with E-state index in [-0.39, 0.29) is 4.91 Å². The number of amides is 2. The van der Waals surface area contributed by atoms with E-state index in [1.54, 1.807) is 18.2 Å². The second-order valence-electron chi connectivity index (χ2n) is 6.30. The van der Waals surface area contributed by atoms with Crippen LogP contribution in [0.25, 0.3) is 6.08 Å². The molecule has 1 aliphatic heterocycles. The van der Waals surface area contributed by atoms with Crippen molar-refractivity contribution in [2.24, 2.45) is 0 Å². The summed E-state index contributed by atoms with van der Waals surface area (Å²) in [7, 11) is 1.20. The zero-order chi connectivity index (χ0) is 21.0. The first-order valence-corrected chi connectivity index (χ1v) is 10.3. The molecule has 1 aliphatic rings. The molecule has 2 amide bonds. The van der Waals surface area contributed by atoms with Crippen LogP contribution in [0.15, 0.2) is 51.8 Å². The molecule has 3 rings (SSSR count). The quantitative estimate of drug-likeness (QED) is 0.450. The second-order valence-corrected chi connectivity index (χ2v) is 8.21. The molecular formula is C21H18BrNO5S. The molecule has 8 heteroatoms. The molecule has 0 bridgehead atoms. The molecule has 0 aliphatic carbocycles. The van der Waals surface area contributed by atoms with Crippen molar-refractivity contribution in [2.45, 2.75) is 13.5 Å². The van der Waals surface area contributed by atoms with E-state index in [4.69, 9.17) is 4.74 Å². The number of hydrogen-bond acceptors (Lipinski definition) is 6. The van der Waals surface area contributed by atoms with Gasteiger partial charge in [-0.2, -0.15) is 0 Å². The van der Waals surface area contributed by atoms with Crippen LogP contribution in [-0.4, -0.2) is 35.7 Å². The Bertz CT molecular complexity index is 1000. The maximum Gasteiger partial charge on any atom is 0.325 e. The molecule has 0 atom stereocenters. The number of rotatable bonds is 6. The predicted octanol–water partition coefficient (Wildman–Crippen LogP) is 4.55. The van der Waals surface area contributed by atoms with Crippen molar-refractivity contribution in [3.63, 3.8) is 0 Å². The zero-order valence-electron chi connectivity index (χ0n) is 15.8. The highest BCUT2D eigenvalue weighted by Crippen LogP contribution is 2.35. The normalized spacial score (nSPS) is 15.1. The Labute approximate surface area is 181 Å². The number of carbonyl (C=O) groups excluding carboxylic acids is 3. The van der Waals surface area contributed by atoms with Crippen molar-refractivity contribution in [3.8, 4) is 5.75 Å². The maximum absolute atomic E-state index is 12.5. The van der Waals surface area contributed by atoms with E-state index in [2.05, 4.69) is 20.7 Å². The zero-order valence-corrected chi connectivity index (χ0v) is 18.2. The molecule has 1 heterocycles. The molecule has 1 saturated heterocycles. The van der Waals surface area contributed by atoms with Gasteiger partial charge in [-0.1, -0.05) is 45.8 Å². The number of hydrogen-bond donors (Lipinski definition) is 0. The Morgan fingerprint density at radius 1 is 1.21 bits per heavy atom. The third-order valence-electron chi connectivity index (χ3n) is 4.12. The number of imide groups is 1. The summed E-state index contributed by atoms with van der Waals surface area (Å²) in [6.45, 7) is 1.97. The SMILES string of the molecule is COC(=O)CN1C(=O)SC(=Cc2cc(Br)ccc2OCc2cccc(C)c2)C1=O. The Morgan fingerprint density at radius 3 is 2.72 bits per heavy atom. The molecule has 0 saturated carbocycles. The minimum atomic E-state index is -0.654. The number of carbonyl (C=O) groups is 3. The molecule has 0 unspecified atom stereocenters. The summed E-state index contributed by atoms with van der Waals surface area (Å²) in [6.07, 6.45) is 1.60. The van der Waals surface area contributed by atoms with Gasteiger partial charge in [-0.15, -0.1) is 0 Å². The number of halogens is 1. The summed E-state index contributed by atoms with van der Waals surface area (Å²) >= 11 is 4.20. The van der Waals surface area contributed by atoms with Crippen molar-refractivity contribution < 1.29 is 23.9 Å². The van der Waals surface area contributed by atoms with E-state index in [1.807, 2.05) is 37.3 Å². The molecule has 1 fully saturated rings. The summed E-state index contributed by atoms with van der Waals surface area (Å²) in [5.74, 6) is -0.609. The monoisotopic (exact) mass is 475 g/mol. The molecule has 150 valence electrons. The van der Waals surface area contributed by atoms with E-state index in [0.29, 0.717) is 17.9 Å². The summed E-state index contributed by atoms with van der Waals surface area (Å²) < 4.78 is 11.3. The Morgan fingerprint density at radius 2 is 2.00 bits per heavy atom. The van der Waals surface area contributed by atoms with Crippen LogP contribution in [0.4, 0.5) is 4.79 Å². The van der Waals surface area contributed by atoms with E-state index in [9.17, 15) is 14.4 Å². The molecule has 0 spiro atoms. The molecule has 6 nitrogen and oxygen atoms in total. The van der Waals surface area contributed by atoms with Crippen molar-refractivity contribution in [1.82, 2.24) is 4.90 Å². The third-order valence-corrected chi connectivity index (χ3v) is 5.52. The summed E-state index contributed by atoms with van der Waals surface area (Å²) in [5.41, 5.74) is 2.81. The average molecular weight is 476 g/mol. The third kappa shape index (κ3) is 5.27. The number of ether oxygens (including phenoxy) is 2. The Balaban J connectivity index is 1.83. The number of esters is 1. The van der Waals surface area contributed by atoms with Gasteiger partial charge in [-0.05, 0) is 48.5 Å². The molecule has 29 heavy (non-hydrogen) atoms. The first-order valence-electron chi connectivity index (χ1n) is 8.67. The van der Waals surface area contributed by atoms with E-state index < -0.39 is 23.7 Å². The summed E-state index contributed by atoms with van der Waals surface area (Å²) in [5, 5.41) is -0.510. The lowest BCUT2D eigenvalue weighted by molar-refractivity contribution is -0.143. The van der Waals surface area contributed by atoms with E-state index >= 15 is 0 Å². The first-order chi connectivity index (χ1) is 13.9. The van der Waals surface area contributed by atoms with Crippen molar-refractivity contribution >= 4 is 50.9 Å². The van der Waals surface area contributed by atoms with Gasteiger partial charge in [0.1, 0.15) is 18.9 Å². The van der Waals surface area contributed by atoms with Gasteiger partial charge in [0.25, 0.3) is 11.1 Å². The molecular weight excluding hydrogens is 458 g/mol. The van der Waals surface area contributed by atoms with Gasteiger partial charge < -0.3 is 9.47 Å². The average Bonchev–Trinajstić information content (AvgIpc) is 2.94. The Kier molecular flexibility index (Phi) is 6.76. The van der Waals surface area contributed by atoms with Crippen molar-refractivity contribution in [1.29, 1.82) is 0 Å². The van der Waals surface area contributed by atoms with Gasteiger partial charge in [0, 0.05) is 10.0 Å². The Hall–Kier alpha value is -2.58. The first kappa shape index (κ1) is 21.1. The van der Waals surface area contributed by atoms with Gasteiger partial charge >= 0.3 is 5.97 Å². The highest BCUT2D eigenvalue weighted by molar-refractivity contribution is 9.10. The fourth-order valence-corrected chi connectivity index (χ4v) is 3.91. The summed E-state index contributed by atoms with van der Waals surface area (Å²) in [6, 6.07) is 13.4. The van der Waals surface area contributed by atoms with Gasteiger partial charge in [0.05, 0.1) is 12.0 Å². The van der Waals surface area contributed by atoms with Crippen LogP contribution in [0.5, 0.6) is 5.75 Å². The maximum atomic E-state index is 12.5. The van der Waals surface area contributed by atoms with Crippen LogP contribution in [-0.2, 0) is 20.9 Å². The van der Waals surface area contributed by atoms with Crippen LogP contribution in [0.3, 0.4) is 0 Å². The van der Waals surface area contributed by atoms with E-state index in [1.165, 1.54) is 7.11 Å². The molecule has 0 radical (unpaired) electrons. The van der Waals surface area contributed by atoms with Gasteiger partial charge in [-0.25, -0.2) is 0 Å². The number of thioether (sulfide) groups is 1. The molecule has 0 N–H and O–H groups in total. The van der Waals surface area contributed by atoms with Crippen LogP contribution < -0.4 is 4.74 Å². The van der Waals surface area contributed by atoms with Gasteiger partial charge in [0.2, 0.25) is 0 Å². The second kappa shape index (κ2) is 9.28. The summed E-state index contributed by atoms with van der Waals surface area (Å²) in [4.78, 5) is 37.2. The highest BCUT2D eigenvalue weighted by atomic mass is 79.9. The topological polar surface area (TPSA) is 72.9 Å². The molecule has 2 aromatic rings. The van der Waals surface area contributed by atoms with Crippen LogP contribution in [0, 0.1) is 6.92 Å². The fourth-order valence-electron chi connectivity index (χ4n) is 2.70. The number of benzene rings is 2. The van der Waals surface area contributed by atoms with Gasteiger partial charge in [-0.3, -0.25) is 19.3 Å². The highest BCUT2D eigenvalue weighted by Gasteiger charge is 2.36. The van der Waals surface area contributed by atoms with Crippen LogP contribution >= 0.6 is 27.7 Å². The van der Waals surface area contributed by atoms with Gasteiger partial charge in [0.15, 0.2) is 0 Å². The minimum absolute atomic E-state index is 0.220. The van der Waals surface area contributed by atoms with Crippen LogP contribution in [0.1, 0.15) is 16.7 Å². The largest absolute Gasteiger partial charge is 0.488 e. The van der Waals surface area contributed by atoms with Crippen LogP contribution in [0.2, 0.25) is 0 Å². The lowest BCUT2D eigenvalue weighted by Gasteiger charge is -2.11. The standard InChI is InChI=1S/C21H18BrNO5S/c1-13-4-3-5-14(8-13)12-28-17-7-6-16(22)9-15(17)10-18-20(25)23(21(26)29-18)11-19(24)27-2/h3-10H,11-12H2,1-2H3. The van der Waals surface area contributed by atoms with E-state index in [0.717, 1.165) is 32.3 Å². The predicted molar refractivity (Wildman–Crippen MR) is 114 cm³/mol. The minimum Gasteiger partial charge on any atom is -0.488 e. The van der Waals surface area contributed by atoms with Crippen molar-refractivity contribution in [2.75, 3.05) is 13.7 Å². The number of aryl methyl sites for hydroxylation is 1. The lowest BCUT2D eigenvalue weighted by Crippen LogP contribution is -2.34. The smallest absolute Gasteiger partial charge is 0.325 e.